The van der Waals surface area contributed by atoms with E-state index in [0.29, 0.717) is 11.9 Å². The molecule has 17 heavy (non-hydrogen) atoms. The Labute approximate surface area is 106 Å². The summed E-state index contributed by atoms with van der Waals surface area (Å²) in [5, 5.41) is 0.744. The number of aromatic nitrogens is 3. The minimum Gasteiger partial charge on any atom is -0.368 e. The largest absolute Gasteiger partial charge is 0.368 e. The van der Waals surface area contributed by atoms with Crippen LogP contribution >= 0.6 is 11.8 Å². The first-order chi connectivity index (χ1) is 8.15. The van der Waals surface area contributed by atoms with Gasteiger partial charge in [-0.05, 0) is 18.8 Å². The van der Waals surface area contributed by atoms with E-state index >= 15 is 0 Å². The molecule has 1 heterocycles. The van der Waals surface area contributed by atoms with Crippen molar-refractivity contribution < 1.29 is 0 Å². The summed E-state index contributed by atoms with van der Waals surface area (Å²) in [6.07, 6.45) is 5.42. The van der Waals surface area contributed by atoms with E-state index < -0.39 is 0 Å². The molecule has 1 aromatic heterocycles. The average Bonchev–Trinajstić information content (AvgIpc) is 2.78. The molecule has 0 atom stereocenters. The van der Waals surface area contributed by atoms with Gasteiger partial charge in [-0.1, -0.05) is 24.6 Å². The minimum absolute atomic E-state index is 0.303. The van der Waals surface area contributed by atoms with Crippen LogP contribution in [0, 0.1) is 5.92 Å². The number of anilines is 2. The quantitative estimate of drug-likeness (QED) is 0.825. The summed E-state index contributed by atoms with van der Waals surface area (Å²) >= 11 is 1.69. The standard InChI is InChI=1S/C11H19N5S/c1-16(2)10-13-9(12)14-11(15-10)17-7-8-5-3-4-6-8/h8H,3-7H2,1-2H3,(H2,12,13,14,15). The van der Waals surface area contributed by atoms with Crippen molar-refractivity contribution in [3.05, 3.63) is 0 Å². The third kappa shape index (κ3) is 3.46. The predicted octanol–water partition coefficient (Wildman–Crippen LogP) is 1.80. The van der Waals surface area contributed by atoms with Gasteiger partial charge in [0.15, 0.2) is 5.16 Å². The maximum atomic E-state index is 5.68. The molecule has 0 unspecified atom stereocenters. The van der Waals surface area contributed by atoms with Crippen LogP contribution in [0.1, 0.15) is 25.7 Å². The summed E-state index contributed by atoms with van der Waals surface area (Å²) in [6, 6.07) is 0. The van der Waals surface area contributed by atoms with Crippen LogP contribution in [0.4, 0.5) is 11.9 Å². The van der Waals surface area contributed by atoms with Crippen LogP contribution in [0.15, 0.2) is 5.16 Å². The van der Waals surface area contributed by atoms with E-state index in [-0.39, 0.29) is 0 Å². The summed E-state index contributed by atoms with van der Waals surface area (Å²) in [5.74, 6) is 2.85. The summed E-state index contributed by atoms with van der Waals surface area (Å²) in [5.41, 5.74) is 5.68. The van der Waals surface area contributed by atoms with E-state index in [1.165, 1.54) is 25.7 Å². The van der Waals surface area contributed by atoms with Crippen LogP contribution in [0.5, 0.6) is 0 Å². The van der Waals surface area contributed by atoms with Gasteiger partial charge in [-0.3, -0.25) is 0 Å². The van der Waals surface area contributed by atoms with Crippen LogP contribution in [0.25, 0.3) is 0 Å². The van der Waals surface area contributed by atoms with Gasteiger partial charge in [-0.2, -0.15) is 15.0 Å². The lowest BCUT2D eigenvalue weighted by Gasteiger charge is -2.12. The highest BCUT2D eigenvalue weighted by Crippen LogP contribution is 2.30. The molecule has 1 aliphatic carbocycles. The average molecular weight is 253 g/mol. The number of hydrogen-bond acceptors (Lipinski definition) is 6. The van der Waals surface area contributed by atoms with Crippen LogP contribution in [-0.4, -0.2) is 34.8 Å². The van der Waals surface area contributed by atoms with E-state index in [4.69, 9.17) is 5.73 Å². The molecule has 94 valence electrons. The highest BCUT2D eigenvalue weighted by Gasteiger charge is 2.16. The zero-order chi connectivity index (χ0) is 12.3. The van der Waals surface area contributed by atoms with Crippen molar-refractivity contribution in [2.45, 2.75) is 30.8 Å². The van der Waals surface area contributed by atoms with Crippen molar-refractivity contribution in [2.24, 2.45) is 5.92 Å². The van der Waals surface area contributed by atoms with E-state index in [2.05, 4.69) is 15.0 Å². The lowest BCUT2D eigenvalue weighted by Crippen LogP contribution is -2.15. The fourth-order valence-electron chi connectivity index (χ4n) is 1.99. The Hall–Kier alpha value is -1.04. The lowest BCUT2D eigenvalue weighted by molar-refractivity contribution is 0.622. The van der Waals surface area contributed by atoms with Crippen molar-refractivity contribution in [1.82, 2.24) is 15.0 Å². The molecule has 5 nitrogen and oxygen atoms in total. The van der Waals surface area contributed by atoms with Gasteiger partial charge >= 0.3 is 0 Å². The molecule has 1 fully saturated rings. The normalized spacial score (nSPS) is 16.4. The Balaban J connectivity index is 1.99. The van der Waals surface area contributed by atoms with Crippen LogP contribution in [0.2, 0.25) is 0 Å². The lowest BCUT2D eigenvalue weighted by atomic mass is 10.1. The summed E-state index contributed by atoms with van der Waals surface area (Å²) in [7, 11) is 3.81. The Morgan fingerprint density at radius 2 is 1.94 bits per heavy atom. The number of nitrogen functional groups attached to an aromatic ring is 1. The van der Waals surface area contributed by atoms with Gasteiger partial charge in [-0.25, -0.2) is 0 Å². The number of hydrogen-bond donors (Lipinski definition) is 1. The number of thioether (sulfide) groups is 1. The molecule has 1 saturated carbocycles. The van der Waals surface area contributed by atoms with Crippen molar-refractivity contribution in [2.75, 3.05) is 30.5 Å². The summed E-state index contributed by atoms with van der Waals surface area (Å²) in [4.78, 5) is 14.5. The number of nitrogens with zero attached hydrogens (tertiary/aromatic N) is 4. The van der Waals surface area contributed by atoms with Crippen molar-refractivity contribution in [1.29, 1.82) is 0 Å². The molecular weight excluding hydrogens is 234 g/mol. The molecule has 0 bridgehead atoms. The van der Waals surface area contributed by atoms with Crippen molar-refractivity contribution >= 4 is 23.7 Å². The van der Waals surface area contributed by atoms with Crippen molar-refractivity contribution in [3.8, 4) is 0 Å². The predicted molar refractivity (Wildman–Crippen MR) is 71.2 cm³/mol. The maximum Gasteiger partial charge on any atom is 0.230 e. The van der Waals surface area contributed by atoms with Gasteiger partial charge in [0.05, 0.1) is 0 Å². The molecule has 0 aliphatic heterocycles. The molecule has 1 aromatic rings. The molecule has 2 rings (SSSR count). The molecule has 6 heteroatoms. The van der Waals surface area contributed by atoms with Crippen LogP contribution < -0.4 is 10.6 Å². The van der Waals surface area contributed by atoms with E-state index in [1.54, 1.807) is 11.8 Å². The second-order valence-corrected chi connectivity index (χ2v) is 5.62. The monoisotopic (exact) mass is 253 g/mol. The SMILES string of the molecule is CN(C)c1nc(N)nc(SCC2CCCC2)n1. The Morgan fingerprint density at radius 1 is 1.24 bits per heavy atom. The molecule has 1 aliphatic rings. The Morgan fingerprint density at radius 3 is 2.59 bits per heavy atom. The molecule has 0 aromatic carbocycles. The highest BCUT2D eigenvalue weighted by molar-refractivity contribution is 7.99. The van der Waals surface area contributed by atoms with Crippen LogP contribution in [0.3, 0.4) is 0 Å². The fourth-order valence-corrected chi connectivity index (χ4v) is 3.02. The molecule has 0 spiro atoms. The topological polar surface area (TPSA) is 67.9 Å². The summed E-state index contributed by atoms with van der Waals surface area (Å²) in [6.45, 7) is 0. The highest BCUT2D eigenvalue weighted by atomic mass is 32.2. The first kappa shape index (κ1) is 12.4. The van der Waals surface area contributed by atoms with Crippen LogP contribution in [-0.2, 0) is 0 Å². The minimum atomic E-state index is 0.303. The van der Waals surface area contributed by atoms with Gasteiger partial charge in [0.1, 0.15) is 0 Å². The van der Waals surface area contributed by atoms with Gasteiger partial charge < -0.3 is 10.6 Å². The van der Waals surface area contributed by atoms with E-state index in [0.717, 1.165) is 16.8 Å². The third-order valence-electron chi connectivity index (χ3n) is 2.94. The second-order valence-electron chi connectivity index (χ2n) is 4.63. The molecule has 0 radical (unpaired) electrons. The van der Waals surface area contributed by atoms with Gasteiger partial charge in [0.2, 0.25) is 11.9 Å². The van der Waals surface area contributed by atoms with Gasteiger partial charge in [0.25, 0.3) is 0 Å². The number of rotatable bonds is 4. The van der Waals surface area contributed by atoms with Crippen molar-refractivity contribution in [3.63, 3.8) is 0 Å². The molecule has 0 amide bonds. The molecular formula is C11H19N5S. The molecule has 0 saturated heterocycles. The zero-order valence-corrected chi connectivity index (χ0v) is 11.2. The number of nitrogens with two attached hydrogens (primary N) is 1. The first-order valence-electron chi connectivity index (χ1n) is 5.97. The smallest absolute Gasteiger partial charge is 0.230 e. The molecule has 2 N–H and O–H groups in total. The van der Waals surface area contributed by atoms with Gasteiger partial charge in [0, 0.05) is 19.8 Å². The van der Waals surface area contributed by atoms with E-state index in [9.17, 15) is 0 Å². The van der Waals surface area contributed by atoms with E-state index in [1.807, 2.05) is 19.0 Å². The first-order valence-corrected chi connectivity index (χ1v) is 6.95. The fraction of sp³-hybridized carbons (Fsp3) is 0.727. The Bertz CT molecular complexity index is 376. The summed E-state index contributed by atoms with van der Waals surface area (Å²) < 4.78 is 0. The second kappa shape index (κ2) is 5.53. The maximum absolute atomic E-state index is 5.68. The van der Waals surface area contributed by atoms with Gasteiger partial charge in [-0.15, -0.1) is 0 Å². The zero-order valence-electron chi connectivity index (χ0n) is 10.4. The third-order valence-corrected chi connectivity index (χ3v) is 4.02. The Kier molecular flexibility index (Phi) is 4.04.